The Morgan fingerprint density at radius 2 is 1.34 bits per heavy atom. The Balaban J connectivity index is 1.37. The van der Waals surface area contributed by atoms with Gasteiger partial charge in [0.25, 0.3) is 11.8 Å². The predicted octanol–water partition coefficient (Wildman–Crippen LogP) is 8.83. The summed E-state index contributed by atoms with van der Waals surface area (Å²) in [6.07, 6.45) is 1.64. The zero-order valence-electron chi connectivity index (χ0n) is 25.9. The number of nitrogens with one attached hydrogen (secondary N) is 3. The predicted molar refractivity (Wildman–Crippen MR) is 188 cm³/mol. The summed E-state index contributed by atoms with van der Waals surface area (Å²) in [6.45, 7) is 4.21. The highest BCUT2D eigenvalue weighted by atomic mass is 32.2. The molecule has 1 unspecified atom stereocenters. The minimum absolute atomic E-state index is 0.0787. The van der Waals surface area contributed by atoms with E-state index in [0.29, 0.717) is 22.9 Å². The van der Waals surface area contributed by atoms with Crippen molar-refractivity contribution < 1.29 is 18.8 Å². The molecule has 5 aromatic carbocycles. The molecule has 3 amide bonds. The summed E-state index contributed by atoms with van der Waals surface area (Å²) in [5, 5.41) is 7.92. The Morgan fingerprint density at radius 1 is 0.681 bits per heavy atom. The molecule has 0 aromatic heterocycles. The maximum Gasteiger partial charge on any atom is 0.272 e. The van der Waals surface area contributed by atoms with Crippen molar-refractivity contribution in [3.8, 4) is 0 Å². The summed E-state index contributed by atoms with van der Waals surface area (Å²) < 4.78 is 13.4. The summed E-state index contributed by atoms with van der Waals surface area (Å²) in [5.41, 5.74) is 4.17. The van der Waals surface area contributed by atoms with Gasteiger partial charge in [0, 0.05) is 21.8 Å². The molecule has 0 saturated heterocycles. The molecule has 0 aliphatic rings. The van der Waals surface area contributed by atoms with Crippen LogP contribution in [0.25, 0.3) is 6.08 Å². The van der Waals surface area contributed by atoms with Crippen LogP contribution in [0.2, 0.25) is 0 Å². The van der Waals surface area contributed by atoms with E-state index in [9.17, 15) is 18.8 Å². The summed E-state index contributed by atoms with van der Waals surface area (Å²) in [6, 6.07) is 38.6. The van der Waals surface area contributed by atoms with E-state index >= 15 is 0 Å². The van der Waals surface area contributed by atoms with E-state index in [1.807, 2.05) is 66.7 Å². The summed E-state index contributed by atoms with van der Waals surface area (Å²) in [7, 11) is 0. The lowest BCUT2D eigenvalue weighted by Crippen LogP contribution is -2.30. The largest absolute Gasteiger partial charge is 0.325 e. The Bertz CT molecular complexity index is 1860. The fraction of sp³-hybridized carbons (Fsp3) is 0.103. The number of benzene rings is 5. The molecule has 5 rings (SSSR count). The molecule has 236 valence electrons. The van der Waals surface area contributed by atoms with E-state index in [1.165, 1.54) is 36.0 Å². The molecule has 5 aromatic rings. The first-order chi connectivity index (χ1) is 22.7. The normalized spacial score (nSPS) is 11.9. The van der Waals surface area contributed by atoms with E-state index in [-0.39, 0.29) is 11.6 Å². The van der Waals surface area contributed by atoms with Gasteiger partial charge in [0.05, 0.1) is 0 Å². The number of amides is 3. The molecule has 0 fully saturated rings. The Kier molecular flexibility index (Phi) is 11.0. The van der Waals surface area contributed by atoms with Crippen LogP contribution in [-0.2, 0) is 9.59 Å². The number of carbonyl (C=O) groups excluding carboxylic acids is 3. The van der Waals surface area contributed by atoms with Gasteiger partial charge in [-0.1, -0.05) is 92.7 Å². The Labute approximate surface area is 278 Å². The number of hydrogen-bond donors (Lipinski definition) is 3. The molecule has 0 radical (unpaired) electrons. The van der Waals surface area contributed by atoms with Gasteiger partial charge in [-0.15, -0.1) is 11.8 Å². The lowest BCUT2D eigenvalue weighted by atomic mass is 10.0. The first-order valence-electron chi connectivity index (χ1n) is 15.1. The average molecular weight is 644 g/mol. The van der Waals surface area contributed by atoms with Crippen LogP contribution in [0, 0.1) is 5.82 Å². The number of carbonyl (C=O) groups is 3. The highest BCUT2D eigenvalue weighted by molar-refractivity contribution is 8.00. The van der Waals surface area contributed by atoms with Gasteiger partial charge in [-0.05, 0) is 83.3 Å². The molecule has 0 heterocycles. The third kappa shape index (κ3) is 9.28. The lowest BCUT2D eigenvalue weighted by molar-refractivity contribution is -0.116. The summed E-state index contributed by atoms with van der Waals surface area (Å²) in [4.78, 5) is 40.9. The second-order valence-corrected chi connectivity index (χ2v) is 12.3. The second-order valence-electron chi connectivity index (χ2n) is 11.1. The third-order valence-corrected chi connectivity index (χ3v) is 8.49. The van der Waals surface area contributed by atoms with E-state index in [0.717, 1.165) is 21.6 Å². The second kappa shape index (κ2) is 15.7. The number of rotatable bonds is 11. The zero-order chi connectivity index (χ0) is 33.2. The number of thioether (sulfide) groups is 1. The van der Waals surface area contributed by atoms with Gasteiger partial charge in [0.15, 0.2) is 0 Å². The van der Waals surface area contributed by atoms with Crippen molar-refractivity contribution in [2.75, 3.05) is 10.6 Å². The fourth-order valence-corrected chi connectivity index (χ4v) is 5.79. The van der Waals surface area contributed by atoms with Crippen LogP contribution in [0.1, 0.15) is 52.1 Å². The minimum Gasteiger partial charge on any atom is -0.325 e. The van der Waals surface area contributed by atoms with Gasteiger partial charge in [0.1, 0.15) is 16.8 Å². The van der Waals surface area contributed by atoms with Crippen molar-refractivity contribution >= 4 is 46.9 Å². The van der Waals surface area contributed by atoms with Crippen LogP contribution in [0.4, 0.5) is 15.8 Å². The van der Waals surface area contributed by atoms with Crippen molar-refractivity contribution in [2.45, 2.75) is 29.9 Å². The smallest absolute Gasteiger partial charge is 0.272 e. The van der Waals surface area contributed by atoms with Crippen LogP contribution in [0.15, 0.2) is 144 Å². The summed E-state index contributed by atoms with van der Waals surface area (Å²) >= 11 is 1.31. The Morgan fingerprint density at radius 3 is 2.00 bits per heavy atom. The molecule has 0 aliphatic carbocycles. The maximum atomic E-state index is 13.7. The molecular formula is C39H34FN3O3S. The first-order valence-corrected chi connectivity index (χ1v) is 16.0. The molecule has 47 heavy (non-hydrogen) atoms. The van der Waals surface area contributed by atoms with Crippen molar-refractivity contribution in [1.29, 1.82) is 0 Å². The molecule has 0 bridgehead atoms. The topological polar surface area (TPSA) is 87.3 Å². The van der Waals surface area contributed by atoms with Gasteiger partial charge in [-0.2, -0.15) is 0 Å². The zero-order valence-corrected chi connectivity index (χ0v) is 26.8. The van der Waals surface area contributed by atoms with E-state index in [1.54, 1.807) is 48.5 Å². The molecule has 0 spiro atoms. The van der Waals surface area contributed by atoms with Gasteiger partial charge in [-0.3, -0.25) is 14.4 Å². The third-order valence-electron chi connectivity index (χ3n) is 7.24. The molecule has 0 aliphatic heterocycles. The van der Waals surface area contributed by atoms with Crippen LogP contribution in [0.3, 0.4) is 0 Å². The molecule has 1 atom stereocenters. The van der Waals surface area contributed by atoms with Crippen LogP contribution < -0.4 is 16.0 Å². The summed E-state index contributed by atoms with van der Waals surface area (Å²) in [5.74, 6) is -1.22. The van der Waals surface area contributed by atoms with E-state index < -0.39 is 22.9 Å². The molecule has 3 N–H and O–H groups in total. The molecule has 6 nitrogen and oxygen atoms in total. The fourth-order valence-electron chi connectivity index (χ4n) is 4.71. The van der Waals surface area contributed by atoms with Crippen LogP contribution >= 0.6 is 11.8 Å². The lowest BCUT2D eigenvalue weighted by Gasteiger charge is -2.18. The monoisotopic (exact) mass is 643 g/mol. The van der Waals surface area contributed by atoms with Crippen molar-refractivity contribution in [2.24, 2.45) is 0 Å². The first kappa shape index (κ1) is 32.9. The molecule has 0 saturated carbocycles. The van der Waals surface area contributed by atoms with E-state index in [2.05, 4.69) is 29.8 Å². The van der Waals surface area contributed by atoms with Crippen LogP contribution in [-0.4, -0.2) is 17.7 Å². The molecule has 8 heteroatoms. The quantitative estimate of drug-likeness (QED) is 0.0992. The van der Waals surface area contributed by atoms with Gasteiger partial charge in [-0.25, -0.2) is 4.39 Å². The SMILES string of the molecule is CC(C)c1ccc(/C=C(/NC(=O)c2ccccc2)C(=O)Nc2cccc(SC(C(=O)Nc3ccc(F)cc3)c3ccccc3)c2)cc1. The van der Waals surface area contributed by atoms with Crippen molar-refractivity contribution in [3.05, 3.63) is 167 Å². The minimum atomic E-state index is -0.637. The van der Waals surface area contributed by atoms with E-state index in [4.69, 9.17) is 0 Å². The molecular weight excluding hydrogens is 610 g/mol. The number of hydrogen-bond acceptors (Lipinski definition) is 4. The maximum absolute atomic E-state index is 13.7. The van der Waals surface area contributed by atoms with Crippen molar-refractivity contribution in [3.63, 3.8) is 0 Å². The van der Waals surface area contributed by atoms with Crippen LogP contribution in [0.5, 0.6) is 0 Å². The number of halogens is 1. The Hall–Kier alpha value is -5.47. The average Bonchev–Trinajstić information content (AvgIpc) is 3.09. The van der Waals surface area contributed by atoms with Crippen molar-refractivity contribution in [1.82, 2.24) is 5.32 Å². The highest BCUT2D eigenvalue weighted by Gasteiger charge is 2.23. The van der Waals surface area contributed by atoms with Gasteiger partial charge < -0.3 is 16.0 Å². The number of anilines is 2. The highest BCUT2D eigenvalue weighted by Crippen LogP contribution is 2.37. The van der Waals surface area contributed by atoms with Gasteiger partial charge >= 0.3 is 0 Å². The van der Waals surface area contributed by atoms with Gasteiger partial charge in [0.2, 0.25) is 5.91 Å². The standard InChI is InChI=1S/C39H34FN3O3S/c1-26(2)28-18-16-27(17-19-28)24-35(43-37(44)30-12-7-4-8-13-30)38(45)42-33-14-9-15-34(25-33)47-36(29-10-5-3-6-11-29)39(46)41-32-22-20-31(40)21-23-32/h3-26,36H,1-2H3,(H,41,46)(H,42,45)(H,43,44)/b35-24+.